The van der Waals surface area contributed by atoms with Crippen LogP contribution < -0.4 is 26.2 Å². The Bertz CT molecular complexity index is 2190. The van der Waals surface area contributed by atoms with Crippen LogP contribution in [0.5, 0.6) is 0 Å². The summed E-state index contributed by atoms with van der Waals surface area (Å²) >= 11 is 0. The van der Waals surface area contributed by atoms with Gasteiger partial charge in [-0.15, -0.1) is 0 Å². The highest BCUT2D eigenvalue weighted by Crippen LogP contribution is 2.36. The van der Waals surface area contributed by atoms with Crippen LogP contribution in [0.1, 0.15) is 37.3 Å². The second kappa shape index (κ2) is 9.59. The standard InChI is InChI=1S/C36H33BO3Si/c1-35(2)36(3,4)40-37(39-35)26-14-13-19-29(24-26)41(27-15-7-5-8-16-27,28-17-9-6-10-18-28)30-22-23-34-32(25-30)31-20-11-12-21-33(31)38-34/h5-25H,1-4H3/i11D,12D,20D,21D,22D,23D,25D. The Labute approximate surface area is 252 Å². The largest absolute Gasteiger partial charge is 0.494 e. The lowest BCUT2D eigenvalue weighted by Crippen LogP contribution is -2.75. The normalized spacial score (nSPS) is 18.8. The Balaban J connectivity index is 1.64. The molecule has 0 spiro atoms. The summed E-state index contributed by atoms with van der Waals surface area (Å²) in [6.45, 7) is 7.99. The molecule has 7 rings (SSSR count). The minimum atomic E-state index is -3.65. The average Bonchev–Trinajstić information content (AvgIpc) is 3.59. The van der Waals surface area contributed by atoms with Gasteiger partial charge in [0.25, 0.3) is 0 Å². The summed E-state index contributed by atoms with van der Waals surface area (Å²) in [6, 6.07) is 25.2. The summed E-state index contributed by atoms with van der Waals surface area (Å²) in [4.78, 5) is 0. The first-order chi connectivity index (χ1) is 22.7. The van der Waals surface area contributed by atoms with E-state index in [0.29, 0.717) is 5.19 Å². The molecule has 202 valence electrons. The highest BCUT2D eigenvalue weighted by Gasteiger charge is 2.52. The molecule has 5 aromatic carbocycles. The molecule has 1 aromatic heterocycles. The predicted octanol–water partition coefficient (Wildman–Crippen LogP) is 5.26. The van der Waals surface area contributed by atoms with E-state index >= 15 is 0 Å². The van der Waals surface area contributed by atoms with Gasteiger partial charge in [-0.3, -0.25) is 0 Å². The molecular formula is C36H33BO3Si. The molecule has 0 radical (unpaired) electrons. The lowest BCUT2D eigenvalue weighted by atomic mass is 9.79. The number of para-hydroxylation sites is 1. The molecule has 0 atom stereocenters. The fourth-order valence-electron chi connectivity index (χ4n) is 5.70. The van der Waals surface area contributed by atoms with Crippen LogP contribution in [-0.2, 0) is 9.31 Å². The van der Waals surface area contributed by atoms with Crippen LogP contribution in [-0.4, -0.2) is 26.4 Å². The second-order valence-corrected chi connectivity index (χ2v) is 15.2. The monoisotopic (exact) mass is 559 g/mol. The molecular weight excluding hydrogens is 519 g/mol. The van der Waals surface area contributed by atoms with Crippen molar-refractivity contribution in [3.63, 3.8) is 0 Å². The van der Waals surface area contributed by atoms with Crippen molar-refractivity contribution >= 4 is 63.3 Å². The molecule has 1 saturated heterocycles. The van der Waals surface area contributed by atoms with Crippen molar-refractivity contribution in [2.75, 3.05) is 0 Å². The first-order valence-electron chi connectivity index (χ1n) is 17.2. The van der Waals surface area contributed by atoms with Gasteiger partial charge in [0.1, 0.15) is 11.2 Å². The van der Waals surface area contributed by atoms with Gasteiger partial charge in [0.15, 0.2) is 8.07 Å². The minimum Gasteiger partial charge on any atom is -0.456 e. The van der Waals surface area contributed by atoms with Gasteiger partial charge in [-0.25, -0.2) is 0 Å². The van der Waals surface area contributed by atoms with Gasteiger partial charge in [-0.05, 0) is 66.0 Å². The van der Waals surface area contributed by atoms with Crippen molar-refractivity contribution < 1.29 is 23.3 Å². The lowest BCUT2D eigenvalue weighted by Gasteiger charge is -2.34. The predicted molar refractivity (Wildman–Crippen MR) is 173 cm³/mol. The van der Waals surface area contributed by atoms with E-state index in [1.165, 1.54) is 0 Å². The molecule has 1 fully saturated rings. The van der Waals surface area contributed by atoms with Crippen LogP contribution in [0.4, 0.5) is 0 Å². The maximum absolute atomic E-state index is 9.86. The van der Waals surface area contributed by atoms with E-state index < -0.39 is 38.5 Å². The van der Waals surface area contributed by atoms with Gasteiger partial charge < -0.3 is 13.7 Å². The molecule has 1 aliphatic rings. The lowest BCUT2D eigenvalue weighted by molar-refractivity contribution is 0.00578. The molecule has 3 nitrogen and oxygen atoms in total. The van der Waals surface area contributed by atoms with Crippen molar-refractivity contribution in [1.29, 1.82) is 0 Å². The van der Waals surface area contributed by atoms with Gasteiger partial charge in [0, 0.05) is 10.8 Å². The summed E-state index contributed by atoms with van der Waals surface area (Å²) in [5.74, 6) is 0. The van der Waals surface area contributed by atoms with Crippen molar-refractivity contribution in [3.8, 4) is 0 Å². The van der Waals surface area contributed by atoms with E-state index in [4.69, 9.17) is 19.2 Å². The highest BCUT2D eigenvalue weighted by molar-refractivity contribution is 7.20. The molecule has 0 bridgehead atoms. The Hall–Kier alpha value is -3.90. The first kappa shape index (κ1) is 19.3. The van der Waals surface area contributed by atoms with E-state index in [1.807, 2.05) is 113 Å². The number of benzene rings is 5. The zero-order valence-corrected chi connectivity index (χ0v) is 24.4. The van der Waals surface area contributed by atoms with Crippen LogP contribution in [0.25, 0.3) is 21.9 Å². The molecule has 0 aliphatic carbocycles. The van der Waals surface area contributed by atoms with Crippen LogP contribution >= 0.6 is 0 Å². The maximum atomic E-state index is 9.86. The summed E-state index contributed by atoms with van der Waals surface area (Å²) in [7, 11) is -4.31. The third-order valence-electron chi connectivity index (χ3n) is 8.52. The van der Waals surface area contributed by atoms with Gasteiger partial charge in [0.05, 0.1) is 20.8 Å². The molecule has 0 amide bonds. The SMILES string of the molecule is [2H]c1c([2H])c([2H])c2c(oc3c([2H])c([2H])c([Si](c4ccccc4)(c4ccccc4)c4cccc(B5OC(C)(C)C(C)(C)O5)c4)c([2H])c32)c1[2H]. The Morgan fingerprint density at radius 3 is 1.85 bits per heavy atom. The number of hydrogen-bond acceptors (Lipinski definition) is 3. The Morgan fingerprint density at radius 2 is 1.20 bits per heavy atom. The third-order valence-corrected chi connectivity index (χ3v) is 13.1. The van der Waals surface area contributed by atoms with Gasteiger partial charge in [-0.2, -0.15) is 0 Å². The van der Waals surface area contributed by atoms with Crippen molar-refractivity contribution in [1.82, 2.24) is 0 Å². The van der Waals surface area contributed by atoms with E-state index in [0.717, 1.165) is 21.0 Å². The zero-order valence-electron chi connectivity index (χ0n) is 30.4. The van der Waals surface area contributed by atoms with Crippen molar-refractivity contribution in [2.45, 2.75) is 38.9 Å². The Kier molecular flexibility index (Phi) is 4.51. The van der Waals surface area contributed by atoms with Crippen molar-refractivity contribution in [3.05, 3.63) is 127 Å². The van der Waals surface area contributed by atoms with Crippen LogP contribution in [0.2, 0.25) is 0 Å². The summed E-state index contributed by atoms with van der Waals surface area (Å²) in [5.41, 5.74) is -0.604. The highest BCUT2D eigenvalue weighted by atomic mass is 28.3. The molecule has 0 unspecified atom stereocenters. The summed E-state index contributed by atoms with van der Waals surface area (Å²) in [5, 5.41) is 3.03. The zero-order chi connectivity index (χ0) is 34.3. The molecule has 41 heavy (non-hydrogen) atoms. The quantitative estimate of drug-likeness (QED) is 0.213. The molecule has 0 N–H and O–H groups in total. The van der Waals surface area contributed by atoms with E-state index in [2.05, 4.69) is 0 Å². The van der Waals surface area contributed by atoms with Gasteiger partial charge >= 0.3 is 7.12 Å². The smallest absolute Gasteiger partial charge is 0.456 e. The number of hydrogen-bond donors (Lipinski definition) is 0. The minimum absolute atomic E-state index is 0.0331. The van der Waals surface area contributed by atoms with E-state index in [1.54, 1.807) is 0 Å². The number of rotatable bonds is 5. The first-order valence-corrected chi connectivity index (χ1v) is 15.7. The van der Waals surface area contributed by atoms with Crippen LogP contribution in [0.15, 0.2) is 132 Å². The summed E-state index contributed by atoms with van der Waals surface area (Å²) < 4.78 is 81.4. The number of furan rings is 1. The average molecular weight is 560 g/mol. The van der Waals surface area contributed by atoms with Crippen LogP contribution in [0.3, 0.4) is 0 Å². The maximum Gasteiger partial charge on any atom is 0.494 e. The van der Waals surface area contributed by atoms with Crippen molar-refractivity contribution in [2.24, 2.45) is 0 Å². The topological polar surface area (TPSA) is 31.6 Å². The number of fused-ring (bicyclic) bond motifs is 3. The molecule has 0 saturated carbocycles. The second-order valence-electron chi connectivity index (χ2n) is 11.5. The summed E-state index contributed by atoms with van der Waals surface area (Å²) in [6.07, 6.45) is 0. The molecule has 1 aliphatic heterocycles. The van der Waals surface area contributed by atoms with E-state index in [-0.39, 0.29) is 52.2 Å². The Morgan fingerprint density at radius 1 is 0.610 bits per heavy atom. The molecule has 5 heteroatoms. The fraction of sp³-hybridized carbons (Fsp3) is 0.167. The van der Waals surface area contributed by atoms with Gasteiger partial charge in [0.2, 0.25) is 0 Å². The molecule has 2 heterocycles. The van der Waals surface area contributed by atoms with Gasteiger partial charge in [-0.1, -0.05) is 115 Å². The molecule has 6 aromatic rings. The van der Waals surface area contributed by atoms with Crippen LogP contribution in [0, 0.1) is 0 Å². The van der Waals surface area contributed by atoms with E-state index in [9.17, 15) is 4.11 Å². The fourth-order valence-corrected chi connectivity index (χ4v) is 10.2. The third kappa shape index (κ3) is 4.11.